The zero-order valence-corrected chi connectivity index (χ0v) is 11.6. The van der Waals surface area contributed by atoms with Crippen LogP contribution in [-0.4, -0.2) is 42.5 Å². The Hall–Kier alpha value is -0.700. The predicted octanol–water partition coefficient (Wildman–Crippen LogP) is 0.136. The van der Waals surface area contributed by atoms with Crippen molar-refractivity contribution < 1.29 is 13.5 Å². The van der Waals surface area contributed by atoms with Gasteiger partial charge in [0.15, 0.2) is 4.21 Å². The summed E-state index contributed by atoms with van der Waals surface area (Å²) in [4.78, 5) is 13.1. The SMILES string of the molecule is Cc1[nH]c(=O)sc1S(=O)(=O)N(C)CCC(C)O. The molecule has 0 radical (unpaired) electrons. The molecule has 6 nitrogen and oxygen atoms in total. The second kappa shape index (κ2) is 5.30. The molecule has 1 unspecified atom stereocenters. The van der Waals surface area contributed by atoms with Crippen molar-refractivity contribution >= 4 is 21.4 Å². The molecular weight excluding hydrogens is 264 g/mol. The van der Waals surface area contributed by atoms with Crippen molar-refractivity contribution in [3.63, 3.8) is 0 Å². The zero-order valence-electron chi connectivity index (χ0n) is 9.93. The van der Waals surface area contributed by atoms with Crippen LogP contribution in [-0.2, 0) is 10.0 Å². The number of rotatable bonds is 5. The van der Waals surface area contributed by atoms with E-state index in [4.69, 9.17) is 5.11 Å². The zero-order chi connectivity index (χ0) is 13.2. The lowest BCUT2D eigenvalue weighted by Gasteiger charge is -2.16. The fourth-order valence-corrected chi connectivity index (χ4v) is 3.94. The van der Waals surface area contributed by atoms with Gasteiger partial charge in [-0.05, 0) is 20.3 Å². The van der Waals surface area contributed by atoms with Crippen LogP contribution in [0, 0.1) is 6.92 Å². The number of aryl methyl sites for hydroxylation is 1. The molecule has 0 aromatic carbocycles. The third-order valence-corrected chi connectivity index (χ3v) is 5.73. The number of hydrogen-bond acceptors (Lipinski definition) is 5. The molecule has 1 aromatic heterocycles. The first-order valence-electron chi connectivity index (χ1n) is 5.09. The Kier molecular flexibility index (Phi) is 4.48. The van der Waals surface area contributed by atoms with Crippen molar-refractivity contribution in [2.75, 3.05) is 13.6 Å². The minimum atomic E-state index is -3.63. The molecule has 0 fully saturated rings. The minimum absolute atomic E-state index is 0.0376. The summed E-state index contributed by atoms with van der Waals surface area (Å²) in [5.41, 5.74) is 0.351. The second-order valence-corrected chi connectivity index (χ2v) is 7.11. The number of thiazole rings is 1. The van der Waals surface area contributed by atoms with Crippen molar-refractivity contribution in [1.29, 1.82) is 0 Å². The van der Waals surface area contributed by atoms with E-state index in [0.29, 0.717) is 23.5 Å². The first-order chi connectivity index (χ1) is 7.75. The fourth-order valence-electron chi connectivity index (χ4n) is 1.27. The fraction of sp³-hybridized carbons (Fsp3) is 0.667. The number of aliphatic hydroxyl groups excluding tert-OH is 1. The molecule has 1 atom stereocenters. The average molecular weight is 280 g/mol. The lowest BCUT2D eigenvalue weighted by atomic mass is 10.3. The largest absolute Gasteiger partial charge is 0.393 e. The number of H-pyrrole nitrogens is 1. The first kappa shape index (κ1) is 14.4. The molecule has 1 rings (SSSR count). The van der Waals surface area contributed by atoms with Crippen LogP contribution in [0.3, 0.4) is 0 Å². The standard InChI is InChI=1S/C9H16N2O4S2/c1-6(12)4-5-11(3)17(14,15)8-7(2)10-9(13)16-8/h6,12H,4-5H2,1-3H3,(H,10,13). The summed E-state index contributed by atoms with van der Waals surface area (Å²) in [6.45, 7) is 3.36. The van der Waals surface area contributed by atoms with Crippen LogP contribution < -0.4 is 4.87 Å². The van der Waals surface area contributed by atoms with Crippen molar-refractivity contribution in [3.8, 4) is 0 Å². The molecule has 8 heteroatoms. The Morgan fingerprint density at radius 3 is 2.53 bits per heavy atom. The van der Waals surface area contributed by atoms with Crippen molar-refractivity contribution in [1.82, 2.24) is 9.29 Å². The van der Waals surface area contributed by atoms with Gasteiger partial charge >= 0.3 is 4.87 Å². The van der Waals surface area contributed by atoms with Crippen molar-refractivity contribution in [3.05, 3.63) is 15.4 Å². The van der Waals surface area contributed by atoms with Gasteiger partial charge < -0.3 is 10.1 Å². The third kappa shape index (κ3) is 3.38. The molecule has 0 bridgehead atoms. The molecule has 0 saturated heterocycles. The maximum Gasteiger partial charge on any atom is 0.305 e. The van der Waals surface area contributed by atoms with Gasteiger partial charge in [0.25, 0.3) is 10.0 Å². The highest BCUT2D eigenvalue weighted by atomic mass is 32.2. The van der Waals surface area contributed by atoms with Crippen molar-refractivity contribution in [2.45, 2.75) is 30.6 Å². The molecule has 2 N–H and O–H groups in total. The summed E-state index contributed by atoms with van der Waals surface area (Å²) >= 11 is 0.681. The van der Waals surface area contributed by atoms with Crippen LogP contribution >= 0.6 is 11.3 Å². The number of aromatic nitrogens is 1. The maximum absolute atomic E-state index is 12.1. The van der Waals surface area contributed by atoms with Gasteiger partial charge in [-0.2, -0.15) is 0 Å². The van der Waals surface area contributed by atoms with Crippen LogP contribution in [0.5, 0.6) is 0 Å². The van der Waals surface area contributed by atoms with Gasteiger partial charge in [0, 0.05) is 19.3 Å². The molecule has 0 amide bonds. The van der Waals surface area contributed by atoms with Crippen molar-refractivity contribution in [2.24, 2.45) is 0 Å². The van der Waals surface area contributed by atoms with E-state index in [2.05, 4.69) is 4.98 Å². The first-order valence-corrected chi connectivity index (χ1v) is 7.35. The van der Waals surface area contributed by atoms with E-state index in [1.165, 1.54) is 7.05 Å². The number of nitrogens with zero attached hydrogens (tertiary/aromatic N) is 1. The second-order valence-electron chi connectivity index (χ2n) is 3.89. The van der Waals surface area contributed by atoms with Gasteiger partial charge in [-0.25, -0.2) is 12.7 Å². The molecule has 98 valence electrons. The van der Waals surface area contributed by atoms with Crippen LogP contribution in [0.15, 0.2) is 9.00 Å². The molecule has 0 aliphatic heterocycles. The van der Waals surface area contributed by atoms with Crippen LogP contribution in [0.1, 0.15) is 19.0 Å². The van der Waals surface area contributed by atoms with Gasteiger partial charge in [-0.1, -0.05) is 11.3 Å². The molecule has 0 saturated carbocycles. The van der Waals surface area contributed by atoms with E-state index in [-0.39, 0.29) is 15.6 Å². The van der Waals surface area contributed by atoms with Gasteiger partial charge in [-0.15, -0.1) is 0 Å². The Morgan fingerprint density at radius 2 is 2.12 bits per heavy atom. The molecule has 0 aliphatic carbocycles. The third-order valence-electron chi connectivity index (χ3n) is 2.29. The summed E-state index contributed by atoms with van der Waals surface area (Å²) in [6.07, 6.45) is -0.201. The monoisotopic (exact) mass is 280 g/mol. The van der Waals surface area contributed by atoms with E-state index < -0.39 is 16.1 Å². The van der Waals surface area contributed by atoms with Crippen LogP contribution in [0.2, 0.25) is 0 Å². The van der Waals surface area contributed by atoms with E-state index in [1.807, 2.05) is 0 Å². The molecule has 17 heavy (non-hydrogen) atoms. The number of sulfonamides is 1. The highest BCUT2D eigenvalue weighted by molar-refractivity contribution is 7.91. The number of aliphatic hydroxyl groups is 1. The van der Waals surface area contributed by atoms with E-state index in [1.54, 1.807) is 13.8 Å². The summed E-state index contributed by atoms with van der Waals surface area (Å²) in [5, 5.41) is 9.12. The molecular formula is C9H16N2O4S2. The molecule has 1 heterocycles. The lowest BCUT2D eigenvalue weighted by Crippen LogP contribution is -2.29. The number of aromatic amines is 1. The summed E-state index contributed by atoms with van der Waals surface area (Å²) in [7, 11) is -2.20. The summed E-state index contributed by atoms with van der Waals surface area (Å²) in [5.74, 6) is 0. The number of hydrogen-bond donors (Lipinski definition) is 2. The smallest absolute Gasteiger partial charge is 0.305 e. The molecule has 1 aromatic rings. The quantitative estimate of drug-likeness (QED) is 0.802. The lowest BCUT2D eigenvalue weighted by molar-refractivity contribution is 0.177. The predicted molar refractivity (Wildman–Crippen MR) is 65.8 cm³/mol. The number of nitrogens with one attached hydrogen (secondary N) is 1. The summed E-state index contributed by atoms with van der Waals surface area (Å²) in [6, 6.07) is 0. The van der Waals surface area contributed by atoms with Gasteiger partial charge in [0.05, 0.1) is 6.10 Å². The van der Waals surface area contributed by atoms with Gasteiger partial charge in [-0.3, -0.25) is 4.79 Å². The van der Waals surface area contributed by atoms with E-state index in [9.17, 15) is 13.2 Å². The van der Waals surface area contributed by atoms with Gasteiger partial charge in [0.2, 0.25) is 0 Å². The van der Waals surface area contributed by atoms with Gasteiger partial charge in [0.1, 0.15) is 0 Å². The Bertz CT molecular complexity index is 529. The molecule has 0 spiro atoms. The highest BCUT2D eigenvalue weighted by Crippen LogP contribution is 2.20. The van der Waals surface area contributed by atoms with Crippen LogP contribution in [0.4, 0.5) is 0 Å². The average Bonchev–Trinajstić information content (AvgIpc) is 2.54. The van der Waals surface area contributed by atoms with E-state index >= 15 is 0 Å². The van der Waals surface area contributed by atoms with E-state index in [0.717, 1.165) is 4.31 Å². The Labute approximate surface area is 104 Å². The highest BCUT2D eigenvalue weighted by Gasteiger charge is 2.25. The topological polar surface area (TPSA) is 90.5 Å². The minimum Gasteiger partial charge on any atom is -0.393 e. The Balaban J connectivity index is 2.95. The maximum atomic E-state index is 12.1. The Morgan fingerprint density at radius 1 is 1.53 bits per heavy atom. The normalized spacial score (nSPS) is 14.2. The van der Waals surface area contributed by atoms with Crippen LogP contribution in [0.25, 0.3) is 0 Å². The molecule has 0 aliphatic rings. The summed E-state index contributed by atoms with van der Waals surface area (Å²) < 4.78 is 25.3.